The smallest absolute Gasteiger partial charge is 0.0317 e. The highest BCUT2D eigenvalue weighted by Crippen LogP contribution is 2.28. The van der Waals surface area contributed by atoms with E-state index in [0.717, 1.165) is 17.7 Å². The van der Waals surface area contributed by atoms with E-state index in [2.05, 4.69) is 20.8 Å². The fourth-order valence-electron chi connectivity index (χ4n) is 1.57. The van der Waals surface area contributed by atoms with Gasteiger partial charge in [-0.3, -0.25) is 0 Å². The van der Waals surface area contributed by atoms with Gasteiger partial charge in [0.05, 0.1) is 0 Å². The van der Waals surface area contributed by atoms with Crippen molar-refractivity contribution in [1.82, 2.24) is 0 Å². The summed E-state index contributed by atoms with van der Waals surface area (Å²) < 4.78 is 0. The highest BCUT2D eigenvalue weighted by Gasteiger charge is 2.16. The van der Waals surface area contributed by atoms with Crippen molar-refractivity contribution < 1.29 is 0 Å². The Balaban J connectivity index is 2.74. The van der Waals surface area contributed by atoms with Crippen LogP contribution in [0.1, 0.15) is 38.8 Å². The molecule has 2 nitrogen and oxygen atoms in total. The second kappa shape index (κ2) is 4.01. The van der Waals surface area contributed by atoms with Crippen LogP contribution >= 0.6 is 0 Å². The van der Waals surface area contributed by atoms with Crippen molar-refractivity contribution in [3.8, 4) is 0 Å². The largest absolute Gasteiger partial charge is 0.399 e. The van der Waals surface area contributed by atoms with Crippen LogP contribution < -0.4 is 11.5 Å². The monoisotopic (exact) mass is 192 g/mol. The summed E-state index contributed by atoms with van der Waals surface area (Å²) in [4.78, 5) is 0. The summed E-state index contributed by atoms with van der Waals surface area (Å²) in [6.07, 6.45) is 0.969. The SMILES string of the molecule is CC(C)(C)CC(N)c1cccc(N)c1. The molecule has 0 amide bonds. The van der Waals surface area contributed by atoms with Crippen LogP contribution in [0.4, 0.5) is 5.69 Å². The maximum absolute atomic E-state index is 6.09. The lowest BCUT2D eigenvalue weighted by molar-refractivity contribution is 0.343. The molecule has 1 rings (SSSR count). The van der Waals surface area contributed by atoms with Gasteiger partial charge in [0, 0.05) is 11.7 Å². The number of benzene rings is 1. The number of hydrogen-bond donors (Lipinski definition) is 2. The molecule has 0 aliphatic heterocycles. The van der Waals surface area contributed by atoms with Gasteiger partial charge >= 0.3 is 0 Å². The Morgan fingerprint density at radius 2 is 1.93 bits per heavy atom. The first kappa shape index (κ1) is 11.1. The fourth-order valence-corrected chi connectivity index (χ4v) is 1.57. The fraction of sp³-hybridized carbons (Fsp3) is 0.500. The van der Waals surface area contributed by atoms with Crippen LogP contribution in [0.3, 0.4) is 0 Å². The van der Waals surface area contributed by atoms with Crippen molar-refractivity contribution >= 4 is 5.69 Å². The minimum atomic E-state index is 0.0819. The summed E-state index contributed by atoms with van der Waals surface area (Å²) in [6, 6.07) is 7.91. The second-order valence-electron chi connectivity index (χ2n) is 5.04. The predicted octanol–water partition coefficient (Wildman–Crippen LogP) is 2.70. The number of anilines is 1. The first-order chi connectivity index (χ1) is 6.38. The first-order valence-corrected chi connectivity index (χ1v) is 4.99. The zero-order chi connectivity index (χ0) is 10.8. The number of rotatable bonds is 2. The van der Waals surface area contributed by atoms with Gasteiger partial charge in [0.2, 0.25) is 0 Å². The summed E-state index contributed by atoms with van der Waals surface area (Å²) in [5.41, 5.74) is 14.0. The Morgan fingerprint density at radius 3 is 2.43 bits per heavy atom. The van der Waals surface area contributed by atoms with Gasteiger partial charge in [-0.2, -0.15) is 0 Å². The van der Waals surface area contributed by atoms with E-state index in [1.807, 2.05) is 24.3 Å². The molecule has 0 spiro atoms. The van der Waals surface area contributed by atoms with E-state index in [1.54, 1.807) is 0 Å². The molecule has 1 aromatic carbocycles. The normalized spacial score (nSPS) is 14.0. The molecule has 0 aliphatic rings. The number of nitrogen functional groups attached to an aromatic ring is 1. The average Bonchev–Trinajstić information content (AvgIpc) is 2.01. The van der Waals surface area contributed by atoms with Crippen molar-refractivity contribution in [1.29, 1.82) is 0 Å². The molecule has 1 unspecified atom stereocenters. The topological polar surface area (TPSA) is 52.0 Å². The van der Waals surface area contributed by atoms with E-state index >= 15 is 0 Å². The zero-order valence-corrected chi connectivity index (χ0v) is 9.25. The first-order valence-electron chi connectivity index (χ1n) is 4.99. The number of hydrogen-bond acceptors (Lipinski definition) is 2. The minimum Gasteiger partial charge on any atom is -0.399 e. The predicted molar refractivity (Wildman–Crippen MR) is 61.9 cm³/mol. The Kier molecular flexibility index (Phi) is 3.17. The molecule has 0 saturated carbocycles. The van der Waals surface area contributed by atoms with Crippen molar-refractivity contribution in [2.24, 2.45) is 11.1 Å². The minimum absolute atomic E-state index is 0.0819. The summed E-state index contributed by atoms with van der Waals surface area (Å²) in [5.74, 6) is 0. The van der Waals surface area contributed by atoms with E-state index in [-0.39, 0.29) is 11.5 Å². The van der Waals surface area contributed by atoms with Gasteiger partial charge in [0.15, 0.2) is 0 Å². The van der Waals surface area contributed by atoms with Gasteiger partial charge in [-0.1, -0.05) is 32.9 Å². The van der Waals surface area contributed by atoms with E-state index in [4.69, 9.17) is 11.5 Å². The van der Waals surface area contributed by atoms with Crippen LogP contribution in [0.15, 0.2) is 24.3 Å². The van der Waals surface area contributed by atoms with Gasteiger partial charge in [0.25, 0.3) is 0 Å². The second-order valence-corrected chi connectivity index (χ2v) is 5.04. The maximum atomic E-state index is 6.09. The molecule has 0 saturated heterocycles. The molecule has 4 N–H and O–H groups in total. The molecular weight excluding hydrogens is 172 g/mol. The zero-order valence-electron chi connectivity index (χ0n) is 9.25. The molecule has 1 aromatic rings. The molecule has 0 heterocycles. The molecule has 0 aromatic heterocycles. The third-order valence-electron chi connectivity index (χ3n) is 2.17. The van der Waals surface area contributed by atoms with Crippen LogP contribution in [0, 0.1) is 5.41 Å². The van der Waals surface area contributed by atoms with E-state index in [0.29, 0.717) is 0 Å². The van der Waals surface area contributed by atoms with Crippen LogP contribution in [-0.2, 0) is 0 Å². The Hall–Kier alpha value is -1.02. The molecule has 78 valence electrons. The lowest BCUT2D eigenvalue weighted by Gasteiger charge is -2.23. The number of nitrogens with two attached hydrogens (primary N) is 2. The van der Waals surface area contributed by atoms with E-state index < -0.39 is 0 Å². The van der Waals surface area contributed by atoms with Gasteiger partial charge in [-0.05, 0) is 29.5 Å². The van der Waals surface area contributed by atoms with Crippen molar-refractivity contribution in [2.75, 3.05) is 5.73 Å². The Bertz CT molecular complexity index is 299. The van der Waals surface area contributed by atoms with Gasteiger partial charge in [-0.25, -0.2) is 0 Å². The molecule has 1 atom stereocenters. The highest BCUT2D eigenvalue weighted by molar-refractivity contribution is 5.41. The summed E-state index contributed by atoms with van der Waals surface area (Å²) in [6.45, 7) is 6.58. The van der Waals surface area contributed by atoms with Crippen molar-refractivity contribution in [3.05, 3.63) is 29.8 Å². The van der Waals surface area contributed by atoms with Gasteiger partial charge in [0.1, 0.15) is 0 Å². The standard InChI is InChI=1S/C12H20N2/c1-12(2,3)8-11(14)9-5-4-6-10(13)7-9/h4-7,11H,8,13-14H2,1-3H3. The van der Waals surface area contributed by atoms with Crippen LogP contribution in [0.5, 0.6) is 0 Å². The lowest BCUT2D eigenvalue weighted by Crippen LogP contribution is -2.18. The lowest BCUT2D eigenvalue weighted by atomic mass is 9.86. The quantitative estimate of drug-likeness (QED) is 0.708. The molecule has 0 aliphatic carbocycles. The molecule has 0 fully saturated rings. The molecule has 0 radical (unpaired) electrons. The molecule has 14 heavy (non-hydrogen) atoms. The third-order valence-corrected chi connectivity index (χ3v) is 2.17. The summed E-state index contributed by atoms with van der Waals surface area (Å²) in [5, 5.41) is 0. The van der Waals surface area contributed by atoms with Crippen molar-refractivity contribution in [3.63, 3.8) is 0 Å². The van der Waals surface area contributed by atoms with E-state index in [9.17, 15) is 0 Å². The van der Waals surface area contributed by atoms with Gasteiger partial charge in [-0.15, -0.1) is 0 Å². The average molecular weight is 192 g/mol. The van der Waals surface area contributed by atoms with Gasteiger partial charge < -0.3 is 11.5 Å². The van der Waals surface area contributed by atoms with Crippen LogP contribution in [0.25, 0.3) is 0 Å². The maximum Gasteiger partial charge on any atom is 0.0317 e. The summed E-state index contributed by atoms with van der Waals surface area (Å²) in [7, 11) is 0. The third kappa shape index (κ3) is 3.38. The molecule has 2 heteroatoms. The van der Waals surface area contributed by atoms with Crippen molar-refractivity contribution in [2.45, 2.75) is 33.2 Å². The highest BCUT2D eigenvalue weighted by atomic mass is 14.6. The van der Waals surface area contributed by atoms with E-state index in [1.165, 1.54) is 0 Å². The van der Waals surface area contributed by atoms with Crippen LogP contribution in [0.2, 0.25) is 0 Å². The molecule has 0 bridgehead atoms. The molecular formula is C12H20N2. The Morgan fingerprint density at radius 1 is 1.29 bits per heavy atom. The summed E-state index contributed by atoms with van der Waals surface area (Å²) >= 11 is 0. The van der Waals surface area contributed by atoms with Crippen LogP contribution in [-0.4, -0.2) is 0 Å². The Labute approximate surface area is 86.3 Å².